The topological polar surface area (TPSA) is 53.5 Å². The molecular formula is C23H27N3O2. The SMILES string of the molecule is O=C(CCC(=O)N1CCN(c2ccncc2)CC1)c1ccc2c(c1)CCCC2. The smallest absolute Gasteiger partial charge is 0.223 e. The number of aryl methyl sites for hydroxylation is 2. The number of rotatable bonds is 5. The molecule has 1 aromatic carbocycles. The fourth-order valence-electron chi connectivity index (χ4n) is 4.20. The maximum atomic E-state index is 12.6. The molecule has 1 aromatic heterocycles. The molecule has 5 heteroatoms. The monoisotopic (exact) mass is 377 g/mol. The number of piperazine rings is 1. The van der Waals surface area contributed by atoms with E-state index in [2.05, 4.69) is 22.0 Å². The van der Waals surface area contributed by atoms with Gasteiger partial charge in [-0.2, -0.15) is 0 Å². The number of aromatic nitrogens is 1. The van der Waals surface area contributed by atoms with Gasteiger partial charge in [0.1, 0.15) is 0 Å². The lowest BCUT2D eigenvalue weighted by Gasteiger charge is -2.36. The number of nitrogens with zero attached hydrogens (tertiary/aromatic N) is 3. The third-order valence-corrected chi connectivity index (χ3v) is 5.90. The Morgan fingerprint density at radius 2 is 1.57 bits per heavy atom. The van der Waals surface area contributed by atoms with Gasteiger partial charge >= 0.3 is 0 Å². The molecule has 1 aliphatic heterocycles. The van der Waals surface area contributed by atoms with Gasteiger partial charge in [-0.25, -0.2) is 0 Å². The zero-order chi connectivity index (χ0) is 19.3. The molecule has 2 heterocycles. The average molecular weight is 377 g/mol. The van der Waals surface area contributed by atoms with Crippen LogP contribution in [0.15, 0.2) is 42.7 Å². The number of anilines is 1. The molecule has 4 rings (SSSR count). The number of hydrogen-bond donors (Lipinski definition) is 0. The van der Waals surface area contributed by atoms with Crippen LogP contribution >= 0.6 is 0 Å². The van der Waals surface area contributed by atoms with E-state index in [0.717, 1.165) is 37.2 Å². The first kappa shape index (κ1) is 18.7. The summed E-state index contributed by atoms with van der Waals surface area (Å²) in [6, 6.07) is 10.1. The Morgan fingerprint density at radius 3 is 2.32 bits per heavy atom. The normalized spacial score (nSPS) is 16.6. The van der Waals surface area contributed by atoms with E-state index in [1.165, 1.54) is 24.0 Å². The molecule has 0 saturated carbocycles. The van der Waals surface area contributed by atoms with Gasteiger partial charge in [-0.05, 0) is 55.0 Å². The summed E-state index contributed by atoms with van der Waals surface area (Å²) >= 11 is 0. The van der Waals surface area contributed by atoms with E-state index >= 15 is 0 Å². The van der Waals surface area contributed by atoms with Crippen LogP contribution in [-0.2, 0) is 17.6 Å². The molecule has 0 radical (unpaired) electrons. The van der Waals surface area contributed by atoms with Gasteiger partial charge in [-0.1, -0.05) is 12.1 Å². The predicted octanol–water partition coefficient (Wildman–Crippen LogP) is 3.27. The largest absolute Gasteiger partial charge is 0.368 e. The van der Waals surface area contributed by atoms with E-state index in [1.54, 1.807) is 12.4 Å². The highest BCUT2D eigenvalue weighted by Crippen LogP contribution is 2.23. The third-order valence-electron chi connectivity index (χ3n) is 5.90. The Morgan fingerprint density at radius 1 is 0.857 bits per heavy atom. The summed E-state index contributed by atoms with van der Waals surface area (Å²) in [6.45, 7) is 3.03. The van der Waals surface area contributed by atoms with Crippen LogP contribution in [0, 0.1) is 0 Å². The van der Waals surface area contributed by atoms with Gasteiger partial charge in [-0.3, -0.25) is 14.6 Å². The molecule has 0 N–H and O–H groups in total. The molecule has 0 atom stereocenters. The van der Waals surface area contributed by atoms with E-state index in [0.29, 0.717) is 25.9 Å². The van der Waals surface area contributed by atoms with Gasteiger partial charge in [0.25, 0.3) is 0 Å². The molecule has 2 aliphatic rings. The van der Waals surface area contributed by atoms with Crippen molar-refractivity contribution < 1.29 is 9.59 Å². The van der Waals surface area contributed by atoms with E-state index in [1.807, 2.05) is 23.1 Å². The number of amides is 1. The number of Topliss-reactive ketones (excluding diaryl/α,β-unsaturated/α-hetero) is 1. The predicted molar refractivity (Wildman–Crippen MR) is 110 cm³/mol. The lowest BCUT2D eigenvalue weighted by atomic mass is 9.89. The minimum absolute atomic E-state index is 0.0807. The molecule has 1 aliphatic carbocycles. The fourth-order valence-corrected chi connectivity index (χ4v) is 4.20. The summed E-state index contributed by atoms with van der Waals surface area (Å²) < 4.78 is 0. The number of carbonyl (C=O) groups excluding carboxylic acids is 2. The van der Waals surface area contributed by atoms with Crippen LogP contribution < -0.4 is 4.90 Å². The molecule has 28 heavy (non-hydrogen) atoms. The molecular weight excluding hydrogens is 350 g/mol. The van der Waals surface area contributed by atoms with Gasteiger partial charge in [0.15, 0.2) is 5.78 Å². The summed E-state index contributed by atoms with van der Waals surface area (Å²) in [5, 5.41) is 0. The maximum absolute atomic E-state index is 12.6. The van der Waals surface area contributed by atoms with Crippen LogP contribution in [0.2, 0.25) is 0 Å². The number of pyridine rings is 1. The number of fused-ring (bicyclic) bond motifs is 1. The molecule has 0 spiro atoms. The first-order valence-electron chi connectivity index (χ1n) is 10.3. The number of carbonyl (C=O) groups is 2. The van der Waals surface area contributed by atoms with Crippen LogP contribution in [-0.4, -0.2) is 47.8 Å². The Balaban J connectivity index is 1.27. The second kappa shape index (κ2) is 8.55. The number of benzene rings is 1. The summed E-state index contributed by atoms with van der Waals surface area (Å²) in [6.07, 6.45) is 8.80. The zero-order valence-electron chi connectivity index (χ0n) is 16.3. The summed E-state index contributed by atoms with van der Waals surface area (Å²) in [7, 11) is 0. The minimum atomic E-state index is 0.0807. The van der Waals surface area contributed by atoms with Crippen molar-refractivity contribution in [2.75, 3.05) is 31.1 Å². The van der Waals surface area contributed by atoms with Crippen LogP contribution in [0.3, 0.4) is 0 Å². The Hall–Kier alpha value is -2.69. The molecule has 2 aromatic rings. The summed E-state index contributed by atoms with van der Waals surface area (Å²) in [5.41, 5.74) is 4.60. The molecule has 5 nitrogen and oxygen atoms in total. The first-order valence-corrected chi connectivity index (χ1v) is 10.3. The summed E-state index contributed by atoms with van der Waals surface area (Å²) in [4.78, 5) is 33.3. The molecule has 0 bridgehead atoms. The van der Waals surface area contributed by atoms with Gasteiger partial charge < -0.3 is 9.80 Å². The second-order valence-electron chi connectivity index (χ2n) is 7.69. The Labute approximate surface area is 166 Å². The van der Waals surface area contributed by atoms with E-state index in [-0.39, 0.29) is 11.7 Å². The van der Waals surface area contributed by atoms with Crippen molar-refractivity contribution in [3.05, 3.63) is 59.4 Å². The molecule has 0 unspecified atom stereocenters. The minimum Gasteiger partial charge on any atom is -0.368 e. The van der Waals surface area contributed by atoms with Crippen LogP contribution in [0.4, 0.5) is 5.69 Å². The average Bonchev–Trinajstić information content (AvgIpc) is 2.77. The van der Waals surface area contributed by atoms with Crippen molar-refractivity contribution in [2.45, 2.75) is 38.5 Å². The third kappa shape index (κ3) is 4.24. The van der Waals surface area contributed by atoms with Crippen molar-refractivity contribution in [1.29, 1.82) is 0 Å². The molecule has 1 fully saturated rings. The standard InChI is InChI=1S/C23H27N3O2/c27-22(20-6-5-18-3-1-2-4-19(18)17-20)7-8-23(28)26-15-13-25(14-16-26)21-9-11-24-12-10-21/h5-6,9-12,17H,1-4,7-8,13-16H2. The first-order chi connectivity index (χ1) is 13.7. The van der Waals surface area contributed by atoms with Crippen LogP contribution in [0.1, 0.15) is 47.2 Å². The van der Waals surface area contributed by atoms with Gasteiger partial charge in [0.2, 0.25) is 5.91 Å². The van der Waals surface area contributed by atoms with Crippen molar-refractivity contribution in [1.82, 2.24) is 9.88 Å². The van der Waals surface area contributed by atoms with Gasteiger partial charge in [-0.15, -0.1) is 0 Å². The lowest BCUT2D eigenvalue weighted by molar-refractivity contribution is -0.131. The maximum Gasteiger partial charge on any atom is 0.223 e. The molecule has 1 amide bonds. The van der Waals surface area contributed by atoms with Crippen molar-refractivity contribution in [2.24, 2.45) is 0 Å². The molecule has 146 valence electrons. The van der Waals surface area contributed by atoms with Crippen molar-refractivity contribution in [3.8, 4) is 0 Å². The van der Waals surface area contributed by atoms with Crippen molar-refractivity contribution >= 4 is 17.4 Å². The van der Waals surface area contributed by atoms with Crippen molar-refractivity contribution in [3.63, 3.8) is 0 Å². The number of hydrogen-bond acceptors (Lipinski definition) is 4. The molecule has 1 saturated heterocycles. The van der Waals surface area contributed by atoms with E-state index in [4.69, 9.17) is 0 Å². The number of ketones is 1. The van der Waals surface area contributed by atoms with Crippen LogP contribution in [0.25, 0.3) is 0 Å². The fraction of sp³-hybridized carbons (Fsp3) is 0.435. The van der Waals surface area contributed by atoms with Gasteiger partial charge in [0.05, 0.1) is 0 Å². The summed E-state index contributed by atoms with van der Waals surface area (Å²) in [5.74, 6) is 0.165. The quantitative estimate of drug-likeness (QED) is 0.751. The second-order valence-corrected chi connectivity index (χ2v) is 7.69. The highest BCUT2D eigenvalue weighted by Gasteiger charge is 2.22. The van der Waals surface area contributed by atoms with E-state index < -0.39 is 0 Å². The highest BCUT2D eigenvalue weighted by molar-refractivity contribution is 5.98. The zero-order valence-corrected chi connectivity index (χ0v) is 16.3. The van der Waals surface area contributed by atoms with Crippen LogP contribution in [0.5, 0.6) is 0 Å². The Kier molecular flexibility index (Phi) is 5.70. The van der Waals surface area contributed by atoms with E-state index in [9.17, 15) is 9.59 Å². The lowest BCUT2D eigenvalue weighted by Crippen LogP contribution is -2.48. The van der Waals surface area contributed by atoms with Gasteiger partial charge in [0, 0.05) is 62.7 Å². The highest BCUT2D eigenvalue weighted by atomic mass is 16.2. The Bertz CT molecular complexity index is 842.